The second-order valence-electron chi connectivity index (χ2n) is 7.27. The van der Waals surface area contributed by atoms with Crippen molar-refractivity contribution in [3.8, 4) is 11.5 Å². The van der Waals surface area contributed by atoms with Crippen molar-refractivity contribution in [1.82, 2.24) is 15.1 Å². The number of amides is 2. The van der Waals surface area contributed by atoms with Gasteiger partial charge in [0.2, 0.25) is 11.8 Å². The van der Waals surface area contributed by atoms with Crippen molar-refractivity contribution in [2.45, 2.75) is 38.0 Å². The number of methoxy groups -OCH3 is 2. The van der Waals surface area contributed by atoms with E-state index >= 15 is 0 Å². The van der Waals surface area contributed by atoms with Gasteiger partial charge in [-0.25, -0.2) is 0 Å². The zero-order valence-corrected chi connectivity index (χ0v) is 16.5. The molecule has 0 aliphatic carbocycles. The summed E-state index contributed by atoms with van der Waals surface area (Å²) in [7, 11) is 3.21. The number of piperazine rings is 1. The van der Waals surface area contributed by atoms with Gasteiger partial charge >= 0.3 is 0 Å². The van der Waals surface area contributed by atoms with Gasteiger partial charge in [0.25, 0.3) is 0 Å². The van der Waals surface area contributed by atoms with Gasteiger partial charge in [-0.15, -0.1) is 0 Å². The number of ether oxygens (including phenoxy) is 2. The van der Waals surface area contributed by atoms with Gasteiger partial charge in [0, 0.05) is 44.4 Å². The van der Waals surface area contributed by atoms with Crippen molar-refractivity contribution in [1.29, 1.82) is 0 Å². The molecule has 2 aliphatic rings. The SMILES string of the molecule is COc1ccc(CN2CCNC(=O)C2CC(=O)N2CCC(O)CC2)c(OC)c1. The van der Waals surface area contributed by atoms with E-state index < -0.39 is 6.04 Å². The van der Waals surface area contributed by atoms with Crippen molar-refractivity contribution in [2.24, 2.45) is 0 Å². The number of hydrogen-bond donors (Lipinski definition) is 2. The summed E-state index contributed by atoms with van der Waals surface area (Å²) in [5.41, 5.74) is 0.941. The Bertz CT molecular complexity index is 703. The van der Waals surface area contributed by atoms with Gasteiger partial charge in [-0.1, -0.05) is 6.07 Å². The molecule has 0 bridgehead atoms. The highest BCUT2D eigenvalue weighted by atomic mass is 16.5. The van der Waals surface area contributed by atoms with Crippen LogP contribution in [0.5, 0.6) is 11.5 Å². The number of aliphatic hydroxyl groups excluding tert-OH is 1. The molecular formula is C20H29N3O5. The van der Waals surface area contributed by atoms with Crippen molar-refractivity contribution >= 4 is 11.8 Å². The predicted molar refractivity (Wildman–Crippen MR) is 103 cm³/mol. The molecule has 8 heteroatoms. The zero-order valence-electron chi connectivity index (χ0n) is 16.5. The van der Waals surface area contributed by atoms with E-state index in [0.717, 1.165) is 5.56 Å². The van der Waals surface area contributed by atoms with Gasteiger partial charge in [-0.2, -0.15) is 0 Å². The van der Waals surface area contributed by atoms with E-state index in [-0.39, 0.29) is 24.3 Å². The van der Waals surface area contributed by atoms with Crippen LogP contribution in [0, 0.1) is 0 Å². The van der Waals surface area contributed by atoms with Gasteiger partial charge in [0.15, 0.2) is 0 Å². The predicted octanol–water partition coefficient (Wildman–Crippen LogP) is 0.378. The molecule has 2 N–H and O–H groups in total. The van der Waals surface area contributed by atoms with Crippen LogP contribution in [0.4, 0.5) is 0 Å². The Balaban J connectivity index is 1.70. The van der Waals surface area contributed by atoms with E-state index in [1.807, 2.05) is 23.1 Å². The van der Waals surface area contributed by atoms with Crippen LogP contribution in [0.1, 0.15) is 24.8 Å². The summed E-state index contributed by atoms with van der Waals surface area (Å²) in [4.78, 5) is 29.0. The topological polar surface area (TPSA) is 91.3 Å². The van der Waals surface area contributed by atoms with Crippen LogP contribution in [-0.2, 0) is 16.1 Å². The average molecular weight is 391 g/mol. The van der Waals surface area contributed by atoms with E-state index in [2.05, 4.69) is 5.32 Å². The molecule has 1 aromatic rings. The van der Waals surface area contributed by atoms with E-state index in [0.29, 0.717) is 57.1 Å². The van der Waals surface area contributed by atoms with Crippen molar-refractivity contribution in [3.63, 3.8) is 0 Å². The molecule has 2 amide bonds. The number of carbonyl (C=O) groups is 2. The van der Waals surface area contributed by atoms with Gasteiger partial charge < -0.3 is 24.8 Å². The van der Waals surface area contributed by atoms with Crippen LogP contribution in [-0.4, -0.2) is 79.3 Å². The highest BCUT2D eigenvalue weighted by Gasteiger charge is 2.34. The summed E-state index contributed by atoms with van der Waals surface area (Å²) in [5, 5.41) is 12.5. The number of hydrogen-bond acceptors (Lipinski definition) is 6. The first-order valence-electron chi connectivity index (χ1n) is 9.70. The van der Waals surface area contributed by atoms with Gasteiger partial charge in [-0.05, 0) is 18.9 Å². The van der Waals surface area contributed by atoms with Crippen LogP contribution in [0.15, 0.2) is 18.2 Å². The third kappa shape index (κ3) is 4.74. The molecule has 28 heavy (non-hydrogen) atoms. The first-order chi connectivity index (χ1) is 13.5. The third-order valence-electron chi connectivity index (χ3n) is 5.49. The maximum Gasteiger partial charge on any atom is 0.237 e. The summed E-state index contributed by atoms with van der Waals surface area (Å²) in [6.45, 7) is 2.81. The molecule has 0 aromatic heterocycles. The minimum absolute atomic E-state index is 0.0411. The Labute approximate surface area is 165 Å². The molecule has 0 radical (unpaired) electrons. The van der Waals surface area contributed by atoms with E-state index in [9.17, 15) is 14.7 Å². The second-order valence-corrected chi connectivity index (χ2v) is 7.27. The number of likely N-dealkylation sites (tertiary alicyclic amines) is 1. The molecule has 3 rings (SSSR count). The molecule has 2 aliphatic heterocycles. The Morgan fingerprint density at radius 2 is 1.96 bits per heavy atom. The Morgan fingerprint density at radius 1 is 1.21 bits per heavy atom. The highest BCUT2D eigenvalue weighted by molar-refractivity contribution is 5.88. The fourth-order valence-electron chi connectivity index (χ4n) is 3.78. The lowest BCUT2D eigenvalue weighted by molar-refractivity contribution is -0.140. The average Bonchev–Trinajstić information content (AvgIpc) is 2.71. The lowest BCUT2D eigenvalue weighted by atomic mass is 10.0. The molecule has 8 nitrogen and oxygen atoms in total. The molecule has 2 fully saturated rings. The van der Waals surface area contributed by atoms with Gasteiger partial charge in [0.1, 0.15) is 11.5 Å². The molecule has 1 atom stereocenters. The van der Waals surface area contributed by atoms with Crippen LogP contribution in [0.2, 0.25) is 0 Å². The molecule has 0 spiro atoms. The summed E-state index contributed by atoms with van der Waals surface area (Å²) >= 11 is 0. The number of piperidine rings is 1. The van der Waals surface area contributed by atoms with Crippen molar-refractivity contribution in [3.05, 3.63) is 23.8 Å². The van der Waals surface area contributed by atoms with Crippen LogP contribution < -0.4 is 14.8 Å². The first kappa shape index (κ1) is 20.4. The highest BCUT2D eigenvalue weighted by Crippen LogP contribution is 2.27. The van der Waals surface area contributed by atoms with E-state index in [1.54, 1.807) is 19.1 Å². The number of aliphatic hydroxyl groups is 1. The monoisotopic (exact) mass is 391 g/mol. The molecule has 1 unspecified atom stereocenters. The maximum absolute atomic E-state index is 12.7. The number of rotatable bonds is 6. The summed E-state index contributed by atoms with van der Waals surface area (Å²) in [6.07, 6.45) is 0.992. The summed E-state index contributed by atoms with van der Waals surface area (Å²) in [6, 6.07) is 5.09. The second kappa shape index (κ2) is 9.25. The number of benzene rings is 1. The summed E-state index contributed by atoms with van der Waals surface area (Å²) < 4.78 is 10.7. The molecule has 2 saturated heterocycles. The maximum atomic E-state index is 12.7. The molecule has 1 aromatic carbocycles. The fraction of sp³-hybridized carbons (Fsp3) is 0.600. The number of carbonyl (C=O) groups excluding carboxylic acids is 2. The fourth-order valence-corrected chi connectivity index (χ4v) is 3.78. The minimum atomic E-state index is -0.514. The lowest BCUT2D eigenvalue weighted by Crippen LogP contribution is -2.56. The van der Waals surface area contributed by atoms with Crippen molar-refractivity contribution in [2.75, 3.05) is 40.4 Å². The first-order valence-corrected chi connectivity index (χ1v) is 9.70. The normalized spacial score (nSPS) is 21.3. The lowest BCUT2D eigenvalue weighted by Gasteiger charge is -2.37. The molecule has 154 valence electrons. The Hall–Kier alpha value is -2.32. The molecular weight excluding hydrogens is 362 g/mol. The molecule has 0 saturated carbocycles. The molecule has 2 heterocycles. The smallest absolute Gasteiger partial charge is 0.237 e. The Kier molecular flexibility index (Phi) is 6.74. The Morgan fingerprint density at radius 3 is 2.64 bits per heavy atom. The van der Waals surface area contributed by atoms with E-state index in [1.165, 1.54) is 0 Å². The number of nitrogens with one attached hydrogen (secondary N) is 1. The van der Waals surface area contributed by atoms with Crippen molar-refractivity contribution < 1.29 is 24.2 Å². The van der Waals surface area contributed by atoms with Gasteiger partial charge in [0.05, 0.1) is 32.8 Å². The van der Waals surface area contributed by atoms with Crippen LogP contribution in [0.3, 0.4) is 0 Å². The quantitative estimate of drug-likeness (QED) is 0.729. The van der Waals surface area contributed by atoms with Gasteiger partial charge in [-0.3, -0.25) is 14.5 Å². The number of nitrogens with zero attached hydrogens (tertiary/aromatic N) is 2. The van der Waals surface area contributed by atoms with Crippen LogP contribution >= 0.6 is 0 Å². The largest absolute Gasteiger partial charge is 0.497 e. The minimum Gasteiger partial charge on any atom is -0.497 e. The summed E-state index contributed by atoms with van der Waals surface area (Å²) in [5.74, 6) is 1.24. The van der Waals surface area contributed by atoms with E-state index in [4.69, 9.17) is 9.47 Å². The zero-order chi connectivity index (χ0) is 20.1. The third-order valence-corrected chi connectivity index (χ3v) is 5.49. The van der Waals surface area contributed by atoms with Crippen LogP contribution in [0.25, 0.3) is 0 Å². The standard InChI is InChI=1S/C20H29N3O5/c1-27-16-4-3-14(18(11-16)28-2)13-23-10-7-21-20(26)17(23)12-19(25)22-8-5-15(24)6-9-22/h3-4,11,15,17,24H,5-10,12-13H2,1-2H3,(H,21,26).